The largest absolute Gasteiger partial charge is 0.509 e. The molecule has 0 atom stereocenters. The molecule has 4 nitrogen and oxygen atoms in total. The number of nitriles is 1. The van der Waals surface area contributed by atoms with Gasteiger partial charge in [0.15, 0.2) is 0 Å². The standard InChI is InChI=1S/C18H19N3OS/c19-11-15(17(22)12-21-9-5-2-6-10-21)18-20-16(13-23-18)14-7-3-1-4-8-14/h1,3-4,7-8,13,22H,2,5-6,9-10,12H2. The monoisotopic (exact) mass is 325 g/mol. The summed E-state index contributed by atoms with van der Waals surface area (Å²) in [5, 5.41) is 22.3. The normalized spacial score (nSPS) is 16.7. The number of hydrogen-bond donors (Lipinski definition) is 1. The van der Waals surface area contributed by atoms with E-state index in [1.54, 1.807) is 0 Å². The zero-order chi connectivity index (χ0) is 16.1. The lowest BCUT2D eigenvalue weighted by Crippen LogP contribution is -2.31. The number of rotatable bonds is 4. The number of nitrogens with zero attached hydrogens (tertiary/aromatic N) is 3. The molecule has 0 radical (unpaired) electrons. The quantitative estimate of drug-likeness (QED) is 0.679. The van der Waals surface area contributed by atoms with Gasteiger partial charge < -0.3 is 5.11 Å². The highest BCUT2D eigenvalue weighted by atomic mass is 32.1. The highest BCUT2D eigenvalue weighted by Crippen LogP contribution is 2.27. The SMILES string of the molecule is N#CC(=C(O)CN1CCCCC1)c1nc(-c2ccccc2)cs1. The fourth-order valence-electron chi connectivity index (χ4n) is 2.77. The van der Waals surface area contributed by atoms with Crippen LogP contribution < -0.4 is 0 Å². The zero-order valence-electron chi connectivity index (χ0n) is 12.9. The van der Waals surface area contributed by atoms with Crippen molar-refractivity contribution in [3.05, 3.63) is 46.5 Å². The summed E-state index contributed by atoms with van der Waals surface area (Å²) >= 11 is 1.40. The Morgan fingerprint density at radius 3 is 2.65 bits per heavy atom. The molecule has 118 valence electrons. The van der Waals surface area contributed by atoms with Crippen molar-refractivity contribution in [2.45, 2.75) is 19.3 Å². The number of benzene rings is 1. The fourth-order valence-corrected chi connectivity index (χ4v) is 3.62. The Morgan fingerprint density at radius 1 is 1.22 bits per heavy atom. The molecule has 0 unspecified atom stereocenters. The van der Waals surface area contributed by atoms with Gasteiger partial charge in [-0.3, -0.25) is 4.90 Å². The first-order valence-electron chi connectivity index (χ1n) is 7.84. The molecule has 5 heteroatoms. The molecule has 23 heavy (non-hydrogen) atoms. The summed E-state index contributed by atoms with van der Waals surface area (Å²) in [4.78, 5) is 6.72. The second-order valence-electron chi connectivity index (χ2n) is 5.67. The number of aliphatic hydroxyl groups is 1. The molecule has 2 aromatic rings. The van der Waals surface area contributed by atoms with Gasteiger partial charge in [0, 0.05) is 10.9 Å². The second-order valence-corrected chi connectivity index (χ2v) is 6.53. The third-order valence-electron chi connectivity index (χ3n) is 4.01. The van der Waals surface area contributed by atoms with E-state index in [0.717, 1.165) is 37.2 Å². The van der Waals surface area contributed by atoms with E-state index < -0.39 is 0 Å². The molecule has 1 saturated heterocycles. The van der Waals surface area contributed by atoms with E-state index in [2.05, 4.69) is 16.0 Å². The van der Waals surface area contributed by atoms with Crippen LogP contribution >= 0.6 is 11.3 Å². The molecule has 0 bridgehead atoms. The van der Waals surface area contributed by atoms with E-state index in [1.807, 2.05) is 35.7 Å². The van der Waals surface area contributed by atoms with Crippen LogP contribution in [0.4, 0.5) is 0 Å². The van der Waals surface area contributed by atoms with Gasteiger partial charge >= 0.3 is 0 Å². The molecular weight excluding hydrogens is 306 g/mol. The Bertz CT molecular complexity index is 724. The van der Waals surface area contributed by atoms with Crippen molar-refractivity contribution >= 4 is 16.9 Å². The van der Waals surface area contributed by atoms with E-state index in [1.165, 1.54) is 17.8 Å². The number of thiazole rings is 1. The van der Waals surface area contributed by atoms with Gasteiger partial charge in [-0.05, 0) is 25.9 Å². The van der Waals surface area contributed by atoms with Gasteiger partial charge in [0.25, 0.3) is 0 Å². The molecule has 0 aliphatic carbocycles. The van der Waals surface area contributed by atoms with Crippen LogP contribution in [0.2, 0.25) is 0 Å². The topological polar surface area (TPSA) is 60.1 Å². The van der Waals surface area contributed by atoms with Crippen LogP contribution in [0.3, 0.4) is 0 Å². The molecule has 1 aliphatic heterocycles. The van der Waals surface area contributed by atoms with E-state index in [0.29, 0.717) is 17.1 Å². The van der Waals surface area contributed by atoms with Gasteiger partial charge in [-0.25, -0.2) is 4.98 Å². The Morgan fingerprint density at radius 2 is 1.96 bits per heavy atom. The first kappa shape index (κ1) is 15.7. The van der Waals surface area contributed by atoms with Gasteiger partial charge in [-0.15, -0.1) is 11.3 Å². The Labute approximate surface area is 140 Å². The molecule has 0 saturated carbocycles. The average molecular weight is 325 g/mol. The second kappa shape index (κ2) is 7.40. The lowest BCUT2D eigenvalue weighted by molar-refractivity contribution is 0.215. The van der Waals surface area contributed by atoms with E-state index in [4.69, 9.17) is 0 Å². The van der Waals surface area contributed by atoms with Crippen LogP contribution in [0, 0.1) is 11.3 Å². The van der Waals surface area contributed by atoms with Crippen LogP contribution in [0.5, 0.6) is 0 Å². The minimum Gasteiger partial charge on any atom is -0.509 e. The maximum Gasteiger partial charge on any atom is 0.138 e. The van der Waals surface area contributed by atoms with Gasteiger partial charge in [0.2, 0.25) is 0 Å². The van der Waals surface area contributed by atoms with E-state index in [-0.39, 0.29) is 5.76 Å². The summed E-state index contributed by atoms with van der Waals surface area (Å²) in [6.45, 7) is 2.40. The Kier molecular flexibility index (Phi) is 5.06. The van der Waals surface area contributed by atoms with Crippen molar-refractivity contribution in [3.63, 3.8) is 0 Å². The van der Waals surface area contributed by atoms with Gasteiger partial charge in [0.05, 0.1) is 12.2 Å². The van der Waals surface area contributed by atoms with Crippen molar-refractivity contribution in [1.29, 1.82) is 5.26 Å². The molecule has 0 spiro atoms. The van der Waals surface area contributed by atoms with Crippen molar-refractivity contribution in [2.75, 3.05) is 19.6 Å². The predicted octanol–water partition coefficient (Wildman–Crippen LogP) is 4.09. The van der Waals surface area contributed by atoms with Crippen LogP contribution in [0.25, 0.3) is 16.8 Å². The lowest BCUT2D eigenvalue weighted by atomic mass is 10.1. The van der Waals surface area contributed by atoms with Crippen molar-refractivity contribution < 1.29 is 5.11 Å². The first-order valence-corrected chi connectivity index (χ1v) is 8.72. The number of piperidine rings is 1. The molecule has 0 amide bonds. The predicted molar refractivity (Wildman–Crippen MR) is 93.0 cm³/mol. The summed E-state index contributed by atoms with van der Waals surface area (Å²) < 4.78 is 0. The maximum atomic E-state index is 10.4. The number of allylic oxidation sites excluding steroid dienone is 1. The lowest BCUT2D eigenvalue weighted by Gasteiger charge is -2.26. The molecule has 1 aliphatic rings. The van der Waals surface area contributed by atoms with Gasteiger partial charge in [-0.1, -0.05) is 36.8 Å². The third kappa shape index (κ3) is 3.79. The van der Waals surface area contributed by atoms with Gasteiger partial charge in [0.1, 0.15) is 22.4 Å². The van der Waals surface area contributed by atoms with E-state index in [9.17, 15) is 10.4 Å². The molecule has 3 rings (SSSR count). The summed E-state index contributed by atoms with van der Waals surface area (Å²) in [5.74, 6) is 0.128. The van der Waals surface area contributed by atoms with Crippen LogP contribution in [0.1, 0.15) is 24.3 Å². The Balaban J connectivity index is 1.81. The number of aliphatic hydroxyl groups excluding tert-OH is 1. The minimum absolute atomic E-state index is 0.128. The van der Waals surface area contributed by atoms with Crippen molar-refractivity contribution in [3.8, 4) is 17.3 Å². The number of hydrogen-bond acceptors (Lipinski definition) is 5. The molecular formula is C18H19N3OS. The fraction of sp³-hybridized carbons (Fsp3) is 0.333. The molecule has 1 aromatic heterocycles. The minimum atomic E-state index is 0.128. The summed E-state index contributed by atoms with van der Waals surface area (Å²) in [6.07, 6.45) is 3.56. The first-order chi connectivity index (χ1) is 11.3. The van der Waals surface area contributed by atoms with Crippen LogP contribution in [-0.2, 0) is 0 Å². The smallest absolute Gasteiger partial charge is 0.138 e. The summed E-state index contributed by atoms with van der Waals surface area (Å²) in [6, 6.07) is 12.0. The molecule has 2 heterocycles. The maximum absolute atomic E-state index is 10.4. The highest BCUT2D eigenvalue weighted by molar-refractivity contribution is 7.11. The Hall–Kier alpha value is -2.16. The van der Waals surface area contributed by atoms with Crippen molar-refractivity contribution in [2.24, 2.45) is 0 Å². The highest BCUT2D eigenvalue weighted by Gasteiger charge is 2.17. The third-order valence-corrected chi connectivity index (χ3v) is 4.87. The molecule has 1 N–H and O–H groups in total. The van der Waals surface area contributed by atoms with E-state index >= 15 is 0 Å². The van der Waals surface area contributed by atoms with Crippen LogP contribution in [0.15, 0.2) is 41.5 Å². The number of aromatic nitrogens is 1. The van der Waals surface area contributed by atoms with Crippen molar-refractivity contribution in [1.82, 2.24) is 9.88 Å². The van der Waals surface area contributed by atoms with Crippen LogP contribution in [-0.4, -0.2) is 34.6 Å². The number of likely N-dealkylation sites (tertiary alicyclic amines) is 1. The van der Waals surface area contributed by atoms with Gasteiger partial charge in [-0.2, -0.15) is 5.26 Å². The zero-order valence-corrected chi connectivity index (χ0v) is 13.7. The summed E-state index contributed by atoms with van der Waals surface area (Å²) in [7, 11) is 0. The summed E-state index contributed by atoms with van der Waals surface area (Å²) in [5.41, 5.74) is 2.15. The molecule has 1 aromatic carbocycles. The molecule has 1 fully saturated rings. The average Bonchev–Trinajstić information content (AvgIpc) is 3.07.